The number of aromatic nitrogens is 2. The highest BCUT2D eigenvalue weighted by molar-refractivity contribution is 7.91. The van der Waals surface area contributed by atoms with E-state index in [1.165, 1.54) is 6.07 Å². The third-order valence-electron chi connectivity index (χ3n) is 8.57. The van der Waals surface area contributed by atoms with Crippen LogP contribution in [-0.2, 0) is 20.8 Å². The third kappa shape index (κ3) is 6.11. The number of alkyl halides is 3. The van der Waals surface area contributed by atoms with E-state index in [2.05, 4.69) is 16.4 Å². The Kier molecular flexibility index (Phi) is 7.44. The summed E-state index contributed by atoms with van der Waals surface area (Å²) < 4.78 is 69.4. The first kappa shape index (κ1) is 29.2. The zero-order chi connectivity index (χ0) is 30.4. The molecule has 0 spiro atoms. The van der Waals surface area contributed by atoms with Crippen molar-refractivity contribution in [3.05, 3.63) is 54.0 Å². The number of carbonyl (C=O) groups is 1. The van der Waals surface area contributed by atoms with Gasteiger partial charge in [-0.1, -0.05) is 25.0 Å². The average molecular weight is 614 g/mol. The summed E-state index contributed by atoms with van der Waals surface area (Å²) in [7, 11) is -3.03. The number of halogens is 3. The minimum absolute atomic E-state index is 0.0882. The Balaban J connectivity index is 1.35. The normalized spacial score (nSPS) is 22.9. The van der Waals surface area contributed by atoms with Gasteiger partial charge < -0.3 is 14.6 Å². The number of rotatable bonds is 6. The number of sulfone groups is 1. The topological polar surface area (TPSA) is 129 Å². The minimum Gasteiger partial charge on any atom is -0.440 e. The number of pyridine rings is 1. The van der Waals surface area contributed by atoms with E-state index >= 15 is 0 Å². The summed E-state index contributed by atoms with van der Waals surface area (Å²) in [5.74, 6) is -0.284. The predicted molar refractivity (Wildman–Crippen MR) is 151 cm³/mol. The van der Waals surface area contributed by atoms with Gasteiger partial charge >= 0.3 is 6.18 Å². The van der Waals surface area contributed by atoms with E-state index in [9.17, 15) is 31.6 Å². The lowest BCUT2D eigenvalue weighted by Gasteiger charge is -2.30. The van der Waals surface area contributed by atoms with Crippen LogP contribution in [-0.4, -0.2) is 54.4 Å². The number of hydrogen-bond donors (Lipinski definition) is 1. The Labute approximate surface area is 247 Å². The Bertz CT molecular complexity index is 1650. The predicted octanol–water partition coefficient (Wildman–Crippen LogP) is 5.10. The van der Waals surface area contributed by atoms with E-state index in [-0.39, 0.29) is 34.8 Å². The van der Waals surface area contributed by atoms with E-state index in [0.29, 0.717) is 55.8 Å². The molecule has 6 rings (SSSR count). The molecule has 226 valence electrons. The van der Waals surface area contributed by atoms with Gasteiger partial charge in [-0.05, 0) is 49.9 Å². The highest BCUT2D eigenvalue weighted by atomic mass is 32.2. The number of anilines is 1. The second kappa shape index (κ2) is 11.0. The number of nitrogens with one attached hydrogen (secondary N) is 1. The maximum atomic E-state index is 13.4. The molecule has 2 aliphatic carbocycles. The molecule has 3 aliphatic rings. The Morgan fingerprint density at radius 3 is 2.33 bits per heavy atom. The second-order valence-electron chi connectivity index (χ2n) is 11.5. The zero-order valence-electron chi connectivity index (χ0n) is 23.2. The number of hydrogen-bond acceptors (Lipinski definition) is 8. The van der Waals surface area contributed by atoms with Crippen molar-refractivity contribution in [2.75, 3.05) is 29.5 Å². The molecule has 13 heteroatoms. The number of nitriles is 1. The van der Waals surface area contributed by atoms with E-state index in [1.54, 1.807) is 0 Å². The summed E-state index contributed by atoms with van der Waals surface area (Å²) in [6.07, 6.45) is 0.652. The first-order valence-electron chi connectivity index (χ1n) is 14.3. The average Bonchev–Trinajstić information content (AvgIpc) is 3.63. The highest BCUT2D eigenvalue weighted by Crippen LogP contribution is 2.45. The molecular weight excluding hydrogens is 583 g/mol. The molecule has 3 fully saturated rings. The summed E-state index contributed by atoms with van der Waals surface area (Å²) in [6.45, 7) is 0.788. The summed E-state index contributed by atoms with van der Waals surface area (Å²) in [6, 6.07) is 11.8. The van der Waals surface area contributed by atoms with Crippen molar-refractivity contribution in [2.45, 2.75) is 56.2 Å². The lowest BCUT2D eigenvalue weighted by molar-refractivity contribution is -0.141. The molecule has 43 heavy (non-hydrogen) atoms. The van der Waals surface area contributed by atoms with Crippen LogP contribution >= 0.6 is 0 Å². The lowest BCUT2D eigenvalue weighted by Crippen LogP contribution is -2.42. The van der Waals surface area contributed by atoms with Crippen LogP contribution in [0.5, 0.6) is 0 Å². The zero-order valence-corrected chi connectivity index (χ0v) is 24.0. The molecule has 1 amide bonds. The molecule has 3 aromatic rings. The molecule has 1 aromatic carbocycles. The van der Waals surface area contributed by atoms with Gasteiger partial charge in [-0.25, -0.2) is 13.4 Å². The van der Waals surface area contributed by atoms with E-state index < -0.39 is 33.2 Å². The first-order valence-corrected chi connectivity index (χ1v) is 16.1. The Hall–Kier alpha value is -3.92. The summed E-state index contributed by atoms with van der Waals surface area (Å²) >= 11 is 0. The van der Waals surface area contributed by atoms with E-state index in [0.717, 1.165) is 30.8 Å². The van der Waals surface area contributed by atoms with Gasteiger partial charge in [-0.15, -0.1) is 0 Å². The van der Waals surface area contributed by atoms with Crippen LogP contribution in [0.4, 0.5) is 18.9 Å². The minimum atomic E-state index is -4.59. The van der Waals surface area contributed by atoms with Crippen LogP contribution in [0, 0.1) is 17.2 Å². The maximum absolute atomic E-state index is 13.4. The van der Waals surface area contributed by atoms with Gasteiger partial charge in [-0.3, -0.25) is 9.78 Å². The SMILES string of the molecule is N#CC1(NC(=O)[C@@H]2CCCC[C@H]2c2oc(-c3ccc(C(F)(F)F)nc3)nc2-c2ccc(N3CCS(=O)(=O)CC3)cc2)CC1. The van der Waals surface area contributed by atoms with Crippen LogP contribution in [0.2, 0.25) is 0 Å². The number of amides is 1. The van der Waals surface area contributed by atoms with Gasteiger partial charge in [0.05, 0.1) is 23.1 Å². The van der Waals surface area contributed by atoms with E-state index in [1.807, 2.05) is 29.2 Å². The smallest absolute Gasteiger partial charge is 0.433 e. The second-order valence-corrected chi connectivity index (χ2v) is 13.8. The number of nitrogens with zero attached hydrogens (tertiary/aromatic N) is 4. The van der Waals surface area contributed by atoms with Crippen LogP contribution in [0.15, 0.2) is 47.0 Å². The molecule has 3 heterocycles. The van der Waals surface area contributed by atoms with Gasteiger partial charge in [0.1, 0.15) is 22.7 Å². The molecule has 2 saturated carbocycles. The van der Waals surface area contributed by atoms with Gasteiger partial charge in [-0.2, -0.15) is 18.4 Å². The molecule has 1 aliphatic heterocycles. The molecule has 1 saturated heterocycles. The van der Waals surface area contributed by atoms with Crippen LogP contribution < -0.4 is 10.2 Å². The van der Waals surface area contributed by atoms with Gasteiger partial charge in [0.25, 0.3) is 0 Å². The Morgan fingerprint density at radius 1 is 1.05 bits per heavy atom. The van der Waals surface area contributed by atoms with Crippen molar-refractivity contribution in [3.63, 3.8) is 0 Å². The lowest BCUT2D eigenvalue weighted by atomic mass is 9.76. The van der Waals surface area contributed by atoms with Crippen molar-refractivity contribution in [1.29, 1.82) is 5.26 Å². The standard InChI is InChI=1S/C30H30F3N5O4S/c31-30(32,33)24-10-7-20(17-35-24)28-36-25(19-5-8-21(9-6-19)38-13-15-43(40,41)16-14-38)26(42-28)22-3-1-2-4-23(22)27(39)37-29(18-34)11-12-29/h5-10,17,22-23H,1-4,11-16H2,(H,37,39)/t22-,23-/m1/s1. The van der Waals surface area contributed by atoms with Crippen LogP contribution in [0.3, 0.4) is 0 Å². The summed E-state index contributed by atoms with van der Waals surface area (Å²) in [5.41, 5.74) is 0.457. The Morgan fingerprint density at radius 2 is 1.72 bits per heavy atom. The van der Waals surface area contributed by atoms with Crippen molar-refractivity contribution in [1.82, 2.24) is 15.3 Å². The first-order chi connectivity index (χ1) is 20.5. The number of carbonyl (C=O) groups excluding carboxylic acids is 1. The van der Waals surface area contributed by atoms with Crippen molar-refractivity contribution in [2.24, 2.45) is 5.92 Å². The molecule has 0 radical (unpaired) electrons. The summed E-state index contributed by atoms with van der Waals surface area (Å²) in [4.78, 5) is 23.7. The molecule has 9 nitrogen and oxygen atoms in total. The molecule has 0 bridgehead atoms. The quantitative estimate of drug-likeness (QED) is 0.407. The van der Waals surface area contributed by atoms with Crippen molar-refractivity contribution in [3.8, 4) is 28.8 Å². The van der Waals surface area contributed by atoms with Gasteiger partial charge in [0, 0.05) is 42.4 Å². The van der Waals surface area contributed by atoms with Gasteiger partial charge in [0.2, 0.25) is 11.8 Å². The van der Waals surface area contributed by atoms with Crippen LogP contribution in [0.1, 0.15) is 55.9 Å². The molecule has 0 unspecified atom stereocenters. The number of oxazole rings is 1. The maximum Gasteiger partial charge on any atom is 0.433 e. The van der Waals surface area contributed by atoms with Crippen molar-refractivity contribution < 1.29 is 30.8 Å². The molecule has 2 aromatic heterocycles. The fourth-order valence-electron chi connectivity index (χ4n) is 5.88. The van der Waals surface area contributed by atoms with E-state index in [4.69, 9.17) is 9.40 Å². The molecule has 2 atom stereocenters. The fourth-order valence-corrected chi connectivity index (χ4v) is 7.08. The number of benzene rings is 1. The third-order valence-corrected chi connectivity index (χ3v) is 10.2. The van der Waals surface area contributed by atoms with Gasteiger partial charge in [0.15, 0.2) is 9.84 Å². The summed E-state index contributed by atoms with van der Waals surface area (Å²) in [5, 5.41) is 12.4. The molecular formula is C30H30F3N5O4S. The molecule has 1 N–H and O–H groups in total. The largest absolute Gasteiger partial charge is 0.440 e. The monoisotopic (exact) mass is 613 g/mol. The fraction of sp³-hybridized carbons (Fsp3) is 0.467. The highest BCUT2D eigenvalue weighted by Gasteiger charge is 2.47. The van der Waals surface area contributed by atoms with Crippen LogP contribution in [0.25, 0.3) is 22.7 Å². The van der Waals surface area contributed by atoms with Crippen molar-refractivity contribution >= 4 is 21.4 Å².